The minimum Gasteiger partial charge on any atom is -0.329 e. The normalized spacial score (nSPS) is 11.5. The largest absolute Gasteiger partial charge is 0.329 e. The van der Waals surface area contributed by atoms with E-state index in [2.05, 4.69) is 0 Å². The lowest BCUT2D eigenvalue weighted by Crippen LogP contribution is -2.33. The van der Waals surface area contributed by atoms with E-state index in [1.807, 2.05) is 0 Å². The number of benzene rings is 1. The quantitative estimate of drug-likeness (QED) is 0.781. The van der Waals surface area contributed by atoms with Crippen LogP contribution >= 0.6 is 0 Å². The van der Waals surface area contributed by atoms with Crippen LogP contribution in [0.25, 0.3) is 0 Å². The molecule has 0 heterocycles. The van der Waals surface area contributed by atoms with Gasteiger partial charge in [-0.05, 0) is 18.2 Å². The molecule has 0 aliphatic heterocycles. The zero-order valence-electron chi connectivity index (χ0n) is 8.68. The van der Waals surface area contributed by atoms with Crippen LogP contribution in [0, 0.1) is 17.0 Å². The van der Waals surface area contributed by atoms with E-state index < -0.39 is 22.8 Å². The fourth-order valence-corrected chi connectivity index (χ4v) is 1.13. The van der Waals surface area contributed by atoms with E-state index in [0.717, 1.165) is 18.2 Å². The van der Waals surface area contributed by atoms with Gasteiger partial charge in [-0.25, -0.2) is 8.78 Å². The van der Waals surface area contributed by atoms with E-state index in [0.29, 0.717) is 0 Å². The molecule has 1 rings (SSSR count). The van der Waals surface area contributed by atoms with Crippen molar-refractivity contribution in [3.05, 3.63) is 35.4 Å². The number of carbonyl (C=O) groups excluding carboxylic acids is 1. The van der Waals surface area contributed by atoms with Crippen LogP contribution in [0.3, 0.4) is 0 Å². The van der Waals surface area contributed by atoms with Crippen LogP contribution in [0.2, 0.25) is 0 Å². The monoisotopic (exact) mass is 213 g/mol. The second kappa shape index (κ2) is 4.06. The van der Waals surface area contributed by atoms with Crippen molar-refractivity contribution in [1.29, 1.82) is 0 Å². The van der Waals surface area contributed by atoms with Crippen molar-refractivity contribution in [3.8, 4) is 0 Å². The summed E-state index contributed by atoms with van der Waals surface area (Å²) in [5.41, 5.74) is 4.27. The van der Waals surface area contributed by atoms with E-state index in [1.165, 1.54) is 0 Å². The Labute approximate surface area is 87.1 Å². The number of Topliss-reactive ketones (excluding diaryl/α,β-unsaturated/α-hetero) is 1. The first-order chi connectivity index (χ1) is 6.88. The Kier molecular flexibility index (Phi) is 3.19. The molecule has 0 aliphatic rings. The van der Waals surface area contributed by atoms with Gasteiger partial charge in [0.05, 0.1) is 5.56 Å². The Balaban J connectivity index is 3.17. The molecule has 0 amide bonds. The summed E-state index contributed by atoms with van der Waals surface area (Å²) in [6.07, 6.45) is 0. The van der Waals surface area contributed by atoms with Gasteiger partial charge in [-0.3, -0.25) is 4.79 Å². The minimum atomic E-state index is -0.880. The molecule has 15 heavy (non-hydrogen) atoms. The lowest BCUT2D eigenvalue weighted by molar-refractivity contribution is 0.0842. The highest BCUT2D eigenvalue weighted by atomic mass is 19.1. The SMILES string of the molecule is CC(C)(CN)C(=O)c1cc(F)ccc1F. The summed E-state index contributed by atoms with van der Waals surface area (Å²) in [6.45, 7) is 3.28. The Morgan fingerprint density at radius 2 is 2.00 bits per heavy atom. The van der Waals surface area contributed by atoms with Gasteiger partial charge in [-0.1, -0.05) is 13.8 Å². The second-order valence-corrected chi connectivity index (χ2v) is 4.04. The van der Waals surface area contributed by atoms with Crippen LogP contribution in [0.4, 0.5) is 8.78 Å². The third-order valence-corrected chi connectivity index (χ3v) is 2.30. The van der Waals surface area contributed by atoms with Gasteiger partial charge in [0.1, 0.15) is 11.6 Å². The summed E-state index contributed by atoms with van der Waals surface area (Å²) in [7, 11) is 0. The topological polar surface area (TPSA) is 43.1 Å². The lowest BCUT2D eigenvalue weighted by atomic mass is 9.84. The van der Waals surface area contributed by atoms with Gasteiger partial charge in [0.15, 0.2) is 5.78 Å². The highest BCUT2D eigenvalue weighted by Crippen LogP contribution is 2.22. The van der Waals surface area contributed by atoms with Crippen molar-refractivity contribution >= 4 is 5.78 Å². The Bertz CT molecular complexity index is 388. The van der Waals surface area contributed by atoms with Crippen molar-refractivity contribution in [1.82, 2.24) is 0 Å². The van der Waals surface area contributed by atoms with Gasteiger partial charge < -0.3 is 5.73 Å². The van der Waals surface area contributed by atoms with Crippen LogP contribution in [0.5, 0.6) is 0 Å². The Hall–Kier alpha value is -1.29. The summed E-state index contributed by atoms with van der Waals surface area (Å²) >= 11 is 0. The maximum absolute atomic E-state index is 13.3. The first-order valence-electron chi connectivity index (χ1n) is 4.58. The maximum Gasteiger partial charge on any atom is 0.172 e. The molecule has 2 N–H and O–H groups in total. The number of hydrogen-bond donors (Lipinski definition) is 1. The summed E-state index contributed by atoms with van der Waals surface area (Å²) in [5.74, 6) is -1.84. The third-order valence-electron chi connectivity index (χ3n) is 2.30. The molecule has 0 radical (unpaired) electrons. The molecule has 0 aromatic heterocycles. The van der Waals surface area contributed by atoms with E-state index in [-0.39, 0.29) is 12.1 Å². The Morgan fingerprint density at radius 1 is 1.40 bits per heavy atom. The predicted octanol–water partition coefficient (Wildman–Crippen LogP) is 2.13. The highest BCUT2D eigenvalue weighted by molar-refractivity contribution is 6.00. The van der Waals surface area contributed by atoms with Gasteiger partial charge in [0, 0.05) is 12.0 Å². The standard InChI is InChI=1S/C11H13F2NO/c1-11(2,6-14)10(15)8-5-7(12)3-4-9(8)13/h3-5H,6,14H2,1-2H3. The van der Waals surface area contributed by atoms with Gasteiger partial charge in [0.2, 0.25) is 0 Å². The van der Waals surface area contributed by atoms with E-state index in [1.54, 1.807) is 13.8 Å². The molecular weight excluding hydrogens is 200 g/mol. The van der Waals surface area contributed by atoms with Gasteiger partial charge in [-0.2, -0.15) is 0 Å². The van der Waals surface area contributed by atoms with Crippen LogP contribution in [-0.4, -0.2) is 12.3 Å². The number of nitrogens with two attached hydrogens (primary N) is 1. The van der Waals surface area contributed by atoms with E-state index in [9.17, 15) is 13.6 Å². The number of halogens is 2. The van der Waals surface area contributed by atoms with Crippen LogP contribution in [0.1, 0.15) is 24.2 Å². The first-order valence-corrected chi connectivity index (χ1v) is 4.58. The predicted molar refractivity (Wildman–Crippen MR) is 53.5 cm³/mol. The molecule has 0 atom stereocenters. The second-order valence-electron chi connectivity index (χ2n) is 4.04. The summed E-state index contributed by atoms with van der Waals surface area (Å²) < 4.78 is 26.1. The molecule has 0 saturated carbocycles. The fraction of sp³-hybridized carbons (Fsp3) is 0.364. The third kappa shape index (κ3) is 2.39. The fourth-order valence-electron chi connectivity index (χ4n) is 1.13. The van der Waals surface area contributed by atoms with E-state index in [4.69, 9.17) is 5.73 Å². The molecule has 0 fully saturated rings. The van der Waals surface area contributed by atoms with Crippen molar-refractivity contribution in [2.75, 3.05) is 6.54 Å². The Morgan fingerprint density at radius 3 is 2.53 bits per heavy atom. The molecule has 4 heteroatoms. The number of ketones is 1. The highest BCUT2D eigenvalue weighted by Gasteiger charge is 2.29. The molecular formula is C11H13F2NO. The number of hydrogen-bond acceptors (Lipinski definition) is 2. The van der Waals surface area contributed by atoms with Gasteiger partial charge >= 0.3 is 0 Å². The van der Waals surface area contributed by atoms with E-state index >= 15 is 0 Å². The van der Waals surface area contributed by atoms with Gasteiger partial charge in [-0.15, -0.1) is 0 Å². The molecule has 0 aliphatic carbocycles. The van der Waals surface area contributed by atoms with Crippen molar-refractivity contribution in [2.24, 2.45) is 11.1 Å². The summed E-state index contributed by atoms with van der Waals surface area (Å²) in [6, 6.07) is 2.81. The number of carbonyl (C=O) groups is 1. The van der Waals surface area contributed by atoms with Crippen molar-refractivity contribution in [2.45, 2.75) is 13.8 Å². The van der Waals surface area contributed by atoms with Gasteiger partial charge in [0.25, 0.3) is 0 Å². The average molecular weight is 213 g/mol. The minimum absolute atomic E-state index is 0.0851. The molecule has 82 valence electrons. The zero-order chi connectivity index (χ0) is 11.6. The molecule has 1 aromatic carbocycles. The van der Waals surface area contributed by atoms with Crippen molar-refractivity contribution in [3.63, 3.8) is 0 Å². The van der Waals surface area contributed by atoms with Crippen LogP contribution in [0.15, 0.2) is 18.2 Å². The summed E-state index contributed by atoms with van der Waals surface area (Å²) in [4.78, 5) is 11.8. The molecule has 1 aromatic rings. The zero-order valence-corrected chi connectivity index (χ0v) is 8.68. The molecule has 2 nitrogen and oxygen atoms in total. The summed E-state index contributed by atoms with van der Waals surface area (Å²) in [5, 5.41) is 0. The lowest BCUT2D eigenvalue weighted by Gasteiger charge is -2.20. The maximum atomic E-state index is 13.3. The van der Waals surface area contributed by atoms with Crippen LogP contribution < -0.4 is 5.73 Å². The smallest absolute Gasteiger partial charge is 0.172 e. The molecule has 0 bridgehead atoms. The molecule has 0 unspecified atom stereocenters. The molecule has 0 saturated heterocycles. The number of rotatable bonds is 3. The first kappa shape index (κ1) is 11.8. The van der Waals surface area contributed by atoms with Crippen LogP contribution in [-0.2, 0) is 0 Å². The van der Waals surface area contributed by atoms with Crippen molar-refractivity contribution < 1.29 is 13.6 Å². The molecule has 0 spiro atoms. The average Bonchev–Trinajstić information content (AvgIpc) is 2.20.